The summed E-state index contributed by atoms with van der Waals surface area (Å²) in [7, 11) is -3.83. The van der Waals surface area contributed by atoms with Gasteiger partial charge in [0.15, 0.2) is 0 Å². The Morgan fingerprint density at radius 3 is 2.52 bits per heavy atom. The van der Waals surface area contributed by atoms with E-state index in [1.807, 2.05) is 0 Å². The van der Waals surface area contributed by atoms with E-state index in [0.29, 0.717) is 37.1 Å². The zero-order valence-corrected chi connectivity index (χ0v) is 17.8. The molecule has 1 aliphatic heterocycles. The average Bonchev–Trinajstić information content (AvgIpc) is 3.14. The molecule has 0 radical (unpaired) electrons. The standard InChI is InChI=1S/C21H27ClN2O4S/c22-16-4-1-2-6-18(16)29(27,28)24-7-3-5-17(24)20(25)23-19-14-8-13-9-15(19)12-21(26,10-13)11-14/h1-2,4,6,13-15,17,19,26H,3,5,7-12H2,(H,23,25)/t13?,14-,15+,17?,19?,21?. The number of nitrogens with one attached hydrogen (secondary N) is 1. The van der Waals surface area contributed by atoms with Gasteiger partial charge in [-0.2, -0.15) is 4.31 Å². The average molecular weight is 439 g/mol. The van der Waals surface area contributed by atoms with E-state index in [4.69, 9.17) is 11.6 Å². The summed E-state index contributed by atoms with van der Waals surface area (Å²) in [5.74, 6) is 0.951. The Balaban J connectivity index is 1.34. The summed E-state index contributed by atoms with van der Waals surface area (Å²) in [6.45, 7) is 0.324. The van der Waals surface area contributed by atoms with Gasteiger partial charge in [-0.05, 0) is 74.8 Å². The van der Waals surface area contributed by atoms with Crippen LogP contribution in [0.3, 0.4) is 0 Å². The fourth-order valence-corrected chi connectivity index (χ4v) is 8.70. The molecule has 158 valence electrons. The molecule has 1 aromatic carbocycles. The van der Waals surface area contributed by atoms with Gasteiger partial charge in [0.25, 0.3) is 0 Å². The highest BCUT2D eigenvalue weighted by atomic mass is 35.5. The Labute approximate surface area is 176 Å². The number of benzene rings is 1. The molecule has 29 heavy (non-hydrogen) atoms. The van der Waals surface area contributed by atoms with Crippen LogP contribution in [0.2, 0.25) is 5.02 Å². The van der Waals surface area contributed by atoms with Gasteiger partial charge in [0.1, 0.15) is 10.9 Å². The summed E-state index contributed by atoms with van der Waals surface area (Å²) >= 11 is 6.14. The van der Waals surface area contributed by atoms with Crippen molar-refractivity contribution in [2.75, 3.05) is 6.54 Å². The summed E-state index contributed by atoms with van der Waals surface area (Å²) < 4.78 is 27.7. The molecule has 5 aliphatic rings. The Morgan fingerprint density at radius 1 is 1.17 bits per heavy atom. The molecule has 5 fully saturated rings. The van der Waals surface area contributed by atoms with E-state index in [2.05, 4.69) is 5.32 Å². The van der Waals surface area contributed by atoms with Gasteiger partial charge in [-0.25, -0.2) is 8.42 Å². The van der Waals surface area contributed by atoms with Crippen molar-refractivity contribution >= 4 is 27.5 Å². The quantitative estimate of drug-likeness (QED) is 0.756. The Bertz CT molecular complexity index is 920. The van der Waals surface area contributed by atoms with Gasteiger partial charge in [0, 0.05) is 12.6 Å². The zero-order valence-electron chi connectivity index (χ0n) is 16.3. The number of nitrogens with zero attached hydrogens (tertiary/aromatic N) is 1. The minimum atomic E-state index is -3.83. The van der Waals surface area contributed by atoms with E-state index in [1.165, 1.54) is 10.4 Å². The molecule has 2 N–H and O–H groups in total. The highest BCUT2D eigenvalue weighted by molar-refractivity contribution is 7.89. The molecule has 4 aliphatic carbocycles. The Morgan fingerprint density at radius 2 is 1.86 bits per heavy atom. The van der Waals surface area contributed by atoms with Crippen LogP contribution in [0.25, 0.3) is 0 Å². The van der Waals surface area contributed by atoms with Gasteiger partial charge >= 0.3 is 0 Å². The van der Waals surface area contributed by atoms with Gasteiger partial charge in [-0.3, -0.25) is 4.79 Å². The molecule has 4 saturated carbocycles. The number of amides is 1. The second kappa shape index (κ2) is 6.94. The van der Waals surface area contributed by atoms with Crippen LogP contribution in [-0.4, -0.2) is 48.0 Å². The first kappa shape index (κ1) is 19.8. The topological polar surface area (TPSA) is 86.7 Å². The largest absolute Gasteiger partial charge is 0.390 e. The highest BCUT2D eigenvalue weighted by Gasteiger charge is 2.55. The molecular weight excluding hydrogens is 412 g/mol. The maximum Gasteiger partial charge on any atom is 0.245 e. The smallest absolute Gasteiger partial charge is 0.245 e. The lowest BCUT2D eigenvalue weighted by Gasteiger charge is -2.58. The third kappa shape index (κ3) is 3.30. The SMILES string of the molecule is O=C(NC1[C@@H]2CC3C[C@H]1CC(O)(C3)C2)C1CCCN1S(=O)(=O)c1ccccc1Cl. The molecule has 6 rings (SSSR count). The third-order valence-corrected chi connectivity index (χ3v) is 9.89. The second-order valence-electron chi connectivity index (χ2n) is 9.43. The summed E-state index contributed by atoms with van der Waals surface area (Å²) in [6, 6.07) is 5.72. The van der Waals surface area contributed by atoms with Gasteiger partial charge in [0.2, 0.25) is 15.9 Å². The molecule has 6 atom stereocenters. The van der Waals surface area contributed by atoms with Crippen LogP contribution >= 0.6 is 11.6 Å². The Kier molecular flexibility index (Phi) is 4.74. The molecule has 1 heterocycles. The lowest BCUT2D eigenvalue weighted by Crippen LogP contribution is -2.63. The molecule has 0 spiro atoms. The van der Waals surface area contributed by atoms with Crippen molar-refractivity contribution in [2.24, 2.45) is 17.8 Å². The van der Waals surface area contributed by atoms with Crippen LogP contribution in [0, 0.1) is 17.8 Å². The minimum absolute atomic E-state index is 0.0461. The number of rotatable bonds is 4. The monoisotopic (exact) mass is 438 g/mol. The van der Waals surface area contributed by atoms with E-state index in [-0.39, 0.29) is 21.9 Å². The molecular formula is C21H27ClN2O4S. The third-order valence-electron chi connectivity index (χ3n) is 7.48. The van der Waals surface area contributed by atoms with E-state index in [0.717, 1.165) is 32.1 Å². The van der Waals surface area contributed by atoms with Crippen LogP contribution < -0.4 is 5.32 Å². The first-order valence-corrected chi connectivity index (χ1v) is 12.4. The summed E-state index contributed by atoms with van der Waals surface area (Å²) in [4.78, 5) is 13.2. The van der Waals surface area contributed by atoms with Gasteiger partial charge in [-0.15, -0.1) is 0 Å². The van der Waals surface area contributed by atoms with E-state index in [1.54, 1.807) is 18.2 Å². The highest BCUT2D eigenvalue weighted by Crippen LogP contribution is 2.55. The number of aliphatic hydroxyl groups is 1. The zero-order chi connectivity index (χ0) is 20.4. The van der Waals surface area contributed by atoms with Crippen LogP contribution in [0.5, 0.6) is 0 Å². The molecule has 1 aromatic rings. The van der Waals surface area contributed by atoms with Crippen LogP contribution in [0.15, 0.2) is 29.2 Å². The van der Waals surface area contributed by atoms with Crippen LogP contribution in [0.4, 0.5) is 0 Å². The lowest BCUT2D eigenvalue weighted by molar-refractivity contribution is -0.147. The van der Waals surface area contributed by atoms with Crippen LogP contribution in [-0.2, 0) is 14.8 Å². The molecule has 1 saturated heterocycles. The van der Waals surface area contributed by atoms with E-state index < -0.39 is 21.7 Å². The second-order valence-corrected chi connectivity index (χ2v) is 11.7. The summed E-state index contributed by atoms with van der Waals surface area (Å²) in [5, 5.41) is 14.1. The molecule has 4 unspecified atom stereocenters. The Hall–Kier alpha value is -1.15. The fraction of sp³-hybridized carbons (Fsp3) is 0.667. The van der Waals surface area contributed by atoms with Gasteiger partial charge in [0.05, 0.1) is 10.6 Å². The number of sulfonamides is 1. The van der Waals surface area contributed by atoms with Crippen molar-refractivity contribution in [1.82, 2.24) is 9.62 Å². The van der Waals surface area contributed by atoms with Crippen molar-refractivity contribution in [2.45, 2.75) is 67.5 Å². The van der Waals surface area contributed by atoms with Gasteiger partial charge in [-0.1, -0.05) is 23.7 Å². The number of halogens is 1. The molecule has 1 amide bonds. The van der Waals surface area contributed by atoms with Crippen molar-refractivity contribution in [3.8, 4) is 0 Å². The number of carbonyl (C=O) groups excluding carboxylic acids is 1. The summed E-state index contributed by atoms with van der Waals surface area (Å²) in [5.41, 5.74) is -0.551. The number of hydrogen-bond acceptors (Lipinski definition) is 4. The number of hydrogen-bond donors (Lipinski definition) is 2. The van der Waals surface area contributed by atoms with Crippen molar-refractivity contribution in [3.63, 3.8) is 0 Å². The van der Waals surface area contributed by atoms with Crippen LogP contribution in [0.1, 0.15) is 44.9 Å². The molecule has 4 bridgehead atoms. The molecule has 8 heteroatoms. The maximum absolute atomic E-state index is 13.2. The van der Waals surface area contributed by atoms with Gasteiger partial charge < -0.3 is 10.4 Å². The van der Waals surface area contributed by atoms with E-state index in [9.17, 15) is 18.3 Å². The normalized spacial score (nSPS) is 39.0. The predicted molar refractivity (Wildman–Crippen MR) is 109 cm³/mol. The first-order chi connectivity index (χ1) is 13.8. The molecule has 6 nitrogen and oxygen atoms in total. The maximum atomic E-state index is 13.2. The fourth-order valence-electron chi connectivity index (χ4n) is 6.55. The molecule has 0 aromatic heterocycles. The lowest BCUT2D eigenvalue weighted by atomic mass is 9.52. The minimum Gasteiger partial charge on any atom is -0.390 e. The van der Waals surface area contributed by atoms with Crippen molar-refractivity contribution in [1.29, 1.82) is 0 Å². The first-order valence-electron chi connectivity index (χ1n) is 10.6. The van der Waals surface area contributed by atoms with E-state index >= 15 is 0 Å². The summed E-state index contributed by atoms with van der Waals surface area (Å²) in [6.07, 6.45) is 5.67. The number of carbonyl (C=O) groups is 1. The van der Waals surface area contributed by atoms with Crippen molar-refractivity contribution < 1.29 is 18.3 Å². The predicted octanol–water partition coefficient (Wildman–Crippen LogP) is 2.55. The van der Waals surface area contributed by atoms with Crippen molar-refractivity contribution in [3.05, 3.63) is 29.3 Å².